The lowest BCUT2D eigenvalue weighted by molar-refractivity contribution is -0.133. The molecule has 0 bridgehead atoms. The molecule has 1 saturated heterocycles. The van der Waals surface area contributed by atoms with Gasteiger partial charge in [-0.2, -0.15) is 0 Å². The molecule has 35 heavy (non-hydrogen) atoms. The fourth-order valence-electron chi connectivity index (χ4n) is 3.76. The average molecular weight is 472 g/mol. The van der Waals surface area contributed by atoms with Gasteiger partial charge in [-0.05, 0) is 49.7 Å². The third-order valence-electron chi connectivity index (χ3n) is 5.64. The highest BCUT2D eigenvalue weighted by molar-refractivity contribution is 6.10. The minimum Gasteiger partial charge on any atom is -0.324 e. The van der Waals surface area contributed by atoms with E-state index in [-0.39, 0.29) is 0 Å². The lowest BCUT2D eigenvalue weighted by atomic mass is 9.91. The quantitative estimate of drug-likeness (QED) is 0.406. The van der Waals surface area contributed by atoms with E-state index in [1.54, 1.807) is 67.6 Å². The molecule has 1 atom stereocenters. The van der Waals surface area contributed by atoms with Crippen molar-refractivity contribution in [3.8, 4) is 0 Å². The van der Waals surface area contributed by atoms with Gasteiger partial charge in [-0.3, -0.25) is 14.5 Å². The summed E-state index contributed by atoms with van der Waals surface area (Å²) in [5.74, 6) is -1.05. The number of hydrogen-bond donors (Lipinski definition) is 4. The minimum atomic E-state index is -1.25. The Balaban J connectivity index is 1.38. The van der Waals surface area contributed by atoms with Gasteiger partial charge in [0, 0.05) is 17.1 Å². The standard InChI is InChI=1S/C26H25N5O4/c1-17-11-13-18(14-12-17)26(2)23(33)31(25(35)30-26)16-22(32)27-20-9-6-10-21(15-20)29-24(34)28-19-7-4-3-5-8-19/h3-15H,16H2,1-2H3,(H,27,32)(H,30,35)(H2,28,29,34). The first kappa shape index (κ1) is 23.5. The van der Waals surface area contributed by atoms with Crippen LogP contribution in [0.5, 0.6) is 0 Å². The molecule has 9 heteroatoms. The van der Waals surface area contributed by atoms with E-state index in [1.807, 2.05) is 25.1 Å². The molecule has 0 spiro atoms. The molecule has 0 aliphatic carbocycles. The van der Waals surface area contributed by atoms with E-state index in [4.69, 9.17) is 0 Å². The van der Waals surface area contributed by atoms with Crippen LogP contribution in [0, 0.1) is 6.92 Å². The van der Waals surface area contributed by atoms with Gasteiger partial charge in [-0.1, -0.05) is 54.1 Å². The van der Waals surface area contributed by atoms with E-state index in [1.165, 1.54) is 0 Å². The zero-order valence-corrected chi connectivity index (χ0v) is 19.3. The summed E-state index contributed by atoms with van der Waals surface area (Å²) >= 11 is 0. The first-order valence-corrected chi connectivity index (χ1v) is 11.0. The van der Waals surface area contributed by atoms with Crippen LogP contribution in [0.1, 0.15) is 18.1 Å². The van der Waals surface area contributed by atoms with Gasteiger partial charge in [0.25, 0.3) is 5.91 Å². The van der Waals surface area contributed by atoms with Crippen LogP contribution in [0.3, 0.4) is 0 Å². The molecule has 0 aromatic heterocycles. The van der Waals surface area contributed by atoms with E-state index in [0.29, 0.717) is 22.6 Å². The SMILES string of the molecule is Cc1ccc(C2(C)NC(=O)N(CC(=O)Nc3cccc(NC(=O)Nc4ccccc4)c3)C2=O)cc1. The predicted octanol–water partition coefficient (Wildman–Crippen LogP) is 4.04. The highest BCUT2D eigenvalue weighted by Gasteiger charge is 2.49. The lowest BCUT2D eigenvalue weighted by Gasteiger charge is -2.22. The zero-order valence-electron chi connectivity index (χ0n) is 19.3. The second kappa shape index (κ2) is 9.68. The number of nitrogens with one attached hydrogen (secondary N) is 4. The van der Waals surface area contributed by atoms with Gasteiger partial charge in [0.1, 0.15) is 12.1 Å². The number of rotatable bonds is 6. The number of benzene rings is 3. The molecular weight excluding hydrogens is 446 g/mol. The van der Waals surface area contributed by atoms with Crippen LogP contribution in [-0.4, -0.2) is 35.3 Å². The fourth-order valence-corrected chi connectivity index (χ4v) is 3.76. The maximum Gasteiger partial charge on any atom is 0.325 e. The summed E-state index contributed by atoms with van der Waals surface area (Å²) in [5.41, 5.74) is 1.91. The molecule has 178 valence electrons. The van der Waals surface area contributed by atoms with Crippen molar-refractivity contribution in [2.24, 2.45) is 0 Å². The molecule has 1 fully saturated rings. The van der Waals surface area contributed by atoms with Gasteiger partial charge in [0.2, 0.25) is 5.91 Å². The molecule has 9 nitrogen and oxygen atoms in total. The third kappa shape index (κ3) is 5.30. The van der Waals surface area contributed by atoms with Gasteiger partial charge in [-0.15, -0.1) is 0 Å². The highest BCUT2D eigenvalue weighted by atomic mass is 16.2. The summed E-state index contributed by atoms with van der Waals surface area (Å²) in [7, 11) is 0. The summed E-state index contributed by atoms with van der Waals surface area (Å²) in [5, 5.41) is 10.8. The fraction of sp³-hybridized carbons (Fsp3) is 0.154. The number of anilines is 3. The van der Waals surface area contributed by atoms with Crippen molar-refractivity contribution in [1.82, 2.24) is 10.2 Å². The largest absolute Gasteiger partial charge is 0.325 e. The molecule has 0 saturated carbocycles. The number of nitrogens with zero attached hydrogens (tertiary/aromatic N) is 1. The molecule has 1 aliphatic rings. The third-order valence-corrected chi connectivity index (χ3v) is 5.64. The number of urea groups is 2. The number of carbonyl (C=O) groups is 4. The normalized spacial score (nSPS) is 17.0. The Bertz CT molecular complexity index is 1280. The molecule has 0 radical (unpaired) electrons. The van der Waals surface area contributed by atoms with Crippen molar-refractivity contribution in [3.05, 3.63) is 90.0 Å². The number of hydrogen-bond acceptors (Lipinski definition) is 4. The number of amides is 6. The molecule has 3 aromatic rings. The van der Waals surface area contributed by atoms with Crippen LogP contribution in [0.25, 0.3) is 0 Å². The van der Waals surface area contributed by atoms with Gasteiger partial charge in [0.15, 0.2) is 0 Å². The monoisotopic (exact) mass is 471 g/mol. The number of aryl methyl sites for hydroxylation is 1. The molecule has 6 amide bonds. The molecule has 1 aliphatic heterocycles. The molecule has 1 heterocycles. The maximum absolute atomic E-state index is 13.0. The van der Waals surface area contributed by atoms with E-state index < -0.39 is 36.0 Å². The van der Waals surface area contributed by atoms with Crippen molar-refractivity contribution in [2.75, 3.05) is 22.5 Å². The Kier molecular flexibility index (Phi) is 6.50. The first-order valence-electron chi connectivity index (χ1n) is 11.0. The Labute approximate surface area is 202 Å². The van der Waals surface area contributed by atoms with Gasteiger partial charge >= 0.3 is 12.1 Å². The summed E-state index contributed by atoms with van der Waals surface area (Å²) in [6, 6.07) is 21.7. The molecule has 4 N–H and O–H groups in total. The average Bonchev–Trinajstić information content (AvgIpc) is 3.04. The number of carbonyl (C=O) groups excluding carboxylic acids is 4. The summed E-state index contributed by atoms with van der Waals surface area (Å²) < 4.78 is 0. The smallest absolute Gasteiger partial charge is 0.324 e. The van der Waals surface area contributed by atoms with Crippen LogP contribution >= 0.6 is 0 Å². The Hall–Kier alpha value is -4.66. The predicted molar refractivity (Wildman–Crippen MR) is 133 cm³/mol. The number of para-hydroxylation sites is 1. The number of imide groups is 1. The second-order valence-electron chi connectivity index (χ2n) is 8.39. The van der Waals surface area contributed by atoms with Crippen LogP contribution < -0.4 is 21.3 Å². The Morgan fingerprint density at radius 2 is 1.43 bits per heavy atom. The van der Waals surface area contributed by atoms with Crippen molar-refractivity contribution in [1.29, 1.82) is 0 Å². The molecule has 1 unspecified atom stereocenters. The Morgan fingerprint density at radius 3 is 2.11 bits per heavy atom. The van der Waals surface area contributed by atoms with Crippen LogP contribution in [0.15, 0.2) is 78.9 Å². The summed E-state index contributed by atoms with van der Waals surface area (Å²) in [6.45, 7) is 3.10. The molecule has 3 aromatic carbocycles. The summed E-state index contributed by atoms with van der Waals surface area (Å²) in [4.78, 5) is 51.3. The van der Waals surface area contributed by atoms with Crippen molar-refractivity contribution in [3.63, 3.8) is 0 Å². The molecule has 4 rings (SSSR count). The first-order chi connectivity index (χ1) is 16.7. The van der Waals surface area contributed by atoms with E-state index in [0.717, 1.165) is 10.5 Å². The van der Waals surface area contributed by atoms with Crippen LogP contribution in [-0.2, 0) is 15.1 Å². The van der Waals surface area contributed by atoms with Crippen LogP contribution in [0.2, 0.25) is 0 Å². The zero-order chi connectivity index (χ0) is 25.0. The van der Waals surface area contributed by atoms with Crippen molar-refractivity contribution >= 4 is 40.9 Å². The molecular formula is C26H25N5O4. The van der Waals surface area contributed by atoms with E-state index >= 15 is 0 Å². The van der Waals surface area contributed by atoms with Gasteiger partial charge < -0.3 is 21.3 Å². The van der Waals surface area contributed by atoms with Gasteiger partial charge in [-0.25, -0.2) is 9.59 Å². The van der Waals surface area contributed by atoms with E-state index in [9.17, 15) is 19.2 Å². The van der Waals surface area contributed by atoms with E-state index in [2.05, 4.69) is 21.3 Å². The lowest BCUT2D eigenvalue weighted by Crippen LogP contribution is -2.42. The highest BCUT2D eigenvalue weighted by Crippen LogP contribution is 2.29. The summed E-state index contributed by atoms with van der Waals surface area (Å²) in [6.07, 6.45) is 0. The van der Waals surface area contributed by atoms with Gasteiger partial charge in [0.05, 0.1) is 0 Å². The Morgan fingerprint density at radius 1 is 0.829 bits per heavy atom. The second-order valence-corrected chi connectivity index (χ2v) is 8.39. The van der Waals surface area contributed by atoms with Crippen LogP contribution in [0.4, 0.5) is 26.7 Å². The van der Waals surface area contributed by atoms with Crippen molar-refractivity contribution < 1.29 is 19.2 Å². The maximum atomic E-state index is 13.0. The topological polar surface area (TPSA) is 120 Å². The van der Waals surface area contributed by atoms with Crippen molar-refractivity contribution in [2.45, 2.75) is 19.4 Å². The minimum absolute atomic E-state index is 0.404.